The van der Waals surface area contributed by atoms with Crippen LogP contribution in [0.2, 0.25) is 5.02 Å². The van der Waals surface area contributed by atoms with E-state index >= 15 is 0 Å². The molecule has 1 rings (SSSR count). The molecule has 22 heavy (non-hydrogen) atoms. The molecule has 0 saturated heterocycles. The Balaban J connectivity index is 3.02. The molecule has 8 nitrogen and oxygen atoms in total. The number of hydrazone groups is 1. The largest absolute Gasteiger partial charge is 0.493 e. The first-order valence-electron chi connectivity index (χ1n) is 6.09. The van der Waals surface area contributed by atoms with E-state index in [1.54, 1.807) is 6.07 Å². The summed E-state index contributed by atoms with van der Waals surface area (Å²) in [5, 5.41) is 3.82. The van der Waals surface area contributed by atoms with Gasteiger partial charge in [0, 0.05) is 0 Å². The van der Waals surface area contributed by atoms with Crippen molar-refractivity contribution >= 4 is 29.8 Å². The van der Waals surface area contributed by atoms with Crippen LogP contribution in [0.5, 0.6) is 11.5 Å². The number of urea groups is 1. The summed E-state index contributed by atoms with van der Waals surface area (Å²) < 4.78 is 15.2. The fourth-order valence-electron chi connectivity index (χ4n) is 1.49. The van der Waals surface area contributed by atoms with Crippen LogP contribution in [0.15, 0.2) is 17.2 Å². The normalized spacial score (nSPS) is 11.8. The molecule has 1 atom stereocenters. The fourth-order valence-corrected chi connectivity index (χ4v) is 1.75. The van der Waals surface area contributed by atoms with Crippen LogP contribution in [-0.2, 0) is 9.53 Å². The summed E-state index contributed by atoms with van der Waals surface area (Å²) in [6.45, 7) is 1.52. The SMILES string of the molecule is COC(=O)C(C)Oc1c(Cl)cc(C=NNC(N)=O)cc1OC. The van der Waals surface area contributed by atoms with Crippen molar-refractivity contribution in [2.75, 3.05) is 14.2 Å². The molecular formula is C13H16ClN3O5. The van der Waals surface area contributed by atoms with Gasteiger partial charge in [-0.1, -0.05) is 11.6 Å². The molecule has 9 heteroatoms. The number of methoxy groups -OCH3 is 2. The number of amides is 2. The van der Waals surface area contributed by atoms with Crippen molar-refractivity contribution in [3.63, 3.8) is 0 Å². The van der Waals surface area contributed by atoms with Gasteiger partial charge in [-0.3, -0.25) is 0 Å². The Hall–Kier alpha value is -2.48. The van der Waals surface area contributed by atoms with Gasteiger partial charge in [0.05, 0.1) is 25.5 Å². The summed E-state index contributed by atoms with van der Waals surface area (Å²) in [7, 11) is 2.68. The molecule has 0 bridgehead atoms. The van der Waals surface area contributed by atoms with E-state index < -0.39 is 18.1 Å². The summed E-state index contributed by atoms with van der Waals surface area (Å²) in [5.74, 6) is -0.0553. The molecule has 0 aliphatic heterocycles. The Morgan fingerprint density at radius 2 is 2.09 bits per heavy atom. The summed E-state index contributed by atoms with van der Waals surface area (Å²) in [5.41, 5.74) is 7.47. The van der Waals surface area contributed by atoms with E-state index in [2.05, 4.69) is 15.3 Å². The van der Waals surface area contributed by atoms with Crippen molar-refractivity contribution in [1.29, 1.82) is 0 Å². The molecule has 0 aliphatic carbocycles. The molecule has 3 N–H and O–H groups in total. The number of ether oxygens (including phenoxy) is 3. The first kappa shape index (κ1) is 17.6. The number of benzene rings is 1. The summed E-state index contributed by atoms with van der Waals surface area (Å²) in [6, 6.07) is 2.30. The molecule has 1 unspecified atom stereocenters. The molecule has 0 saturated carbocycles. The molecule has 120 valence electrons. The van der Waals surface area contributed by atoms with E-state index in [1.165, 1.54) is 33.4 Å². The molecule has 1 aromatic rings. The number of primary amides is 1. The Morgan fingerprint density at radius 1 is 1.41 bits per heavy atom. The third-order valence-electron chi connectivity index (χ3n) is 2.47. The predicted molar refractivity (Wildman–Crippen MR) is 80.4 cm³/mol. The Labute approximate surface area is 132 Å². The fraction of sp³-hybridized carbons (Fsp3) is 0.308. The van der Waals surface area contributed by atoms with E-state index in [0.717, 1.165) is 0 Å². The lowest BCUT2D eigenvalue weighted by molar-refractivity contribution is -0.147. The van der Waals surface area contributed by atoms with Gasteiger partial charge in [-0.25, -0.2) is 15.0 Å². The zero-order valence-electron chi connectivity index (χ0n) is 12.3. The number of carbonyl (C=O) groups excluding carboxylic acids is 2. The number of hydrogen-bond donors (Lipinski definition) is 2. The van der Waals surface area contributed by atoms with Gasteiger partial charge in [0.1, 0.15) is 0 Å². The molecule has 2 amide bonds. The second-order valence-corrected chi connectivity index (χ2v) is 4.46. The second-order valence-electron chi connectivity index (χ2n) is 4.05. The summed E-state index contributed by atoms with van der Waals surface area (Å²) >= 11 is 6.12. The van der Waals surface area contributed by atoms with Crippen molar-refractivity contribution in [1.82, 2.24) is 5.43 Å². The van der Waals surface area contributed by atoms with Gasteiger partial charge in [0.2, 0.25) is 0 Å². The van der Waals surface area contributed by atoms with E-state index in [4.69, 9.17) is 26.8 Å². The van der Waals surface area contributed by atoms with Gasteiger partial charge in [-0.05, 0) is 24.6 Å². The number of rotatable bonds is 6. The Morgan fingerprint density at radius 3 is 2.64 bits per heavy atom. The molecular weight excluding hydrogens is 314 g/mol. The van der Waals surface area contributed by atoms with Crippen LogP contribution < -0.4 is 20.6 Å². The maximum Gasteiger partial charge on any atom is 0.346 e. The van der Waals surface area contributed by atoms with E-state index in [-0.39, 0.29) is 10.8 Å². The molecule has 0 aliphatic rings. The van der Waals surface area contributed by atoms with Crippen molar-refractivity contribution in [2.24, 2.45) is 10.8 Å². The number of carbonyl (C=O) groups is 2. The van der Waals surface area contributed by atoms with E-state index in [0.29, 0.717) is 11.3 Å². The van der Waals surface area contributed by atoms with Crippen LogP contribution in [0.4, 0.5) is 4.79 Å². The minimum atomic E-state index is -0.854. The number of hydrogen-bond acceptors (Lipinski definition) is 6. The first-order valence-corrected chi connectivity index (χ1v) is 6.47. The highest BCUT2D eigenvalue weighted by Gasteiger charge is 2.20. The van der Waals surface area contributed by atoms with Crippen LogP contribution in [0.3, 0.4) is 0 Å². The van der Waals surface area contributed by atoms with Gasteiger partial charge in [-0.2, -0.15) is 5.10 Å². The maximum atomic E-state index is 11.4. The number of nitrogens with two attached hydrogens (primary N) is 1. The third-order valence-corrected chi connectivity index (χ3v) is 2.75. The Kier molecular flexibility index (Phi) is 6.46. The lowest BCUT2D eigenvalue weighted by Crippen LogP contribution is -2.25. The summed E-state index contributed by atoms with van der Waals surface area (Å²) in [4.78, 5) is 21.9. The molecule has 1 aromatic carbocycles. The lowest BCUT2D eigenvalue weighted by Gasteiger charge is -2.16. The minimum Gasteiger partial charge on any atom is -0.493 e. The minimum absolute atomic E-state index is 0.196. The zero-order valence-corrected chi connectivity index (χ0v) is 13.0. The monoisotopic (exact) mass is 329 g/mol. The molecule has 0 heterocycles. The molecule has 0 aromatic heterocycles. The third kappa shape index (κ3) is 4.81. The average Bonchev–Trinajstić information content (AvgIpc) is 2.48. The maximum absolute atomic E-state index is 11.4. The van der Waals surface area contributed by atoms with Gasteiger partial charge >= 0.3 is 12.0 Å². The molecule has 0 spiro atoms. The second kappa shape index (κ2) is 8.08. The van der Waals surface area contributed by atoms with Gasteiger partial charge in [0.15, 0.2) is 17.6 Å². The van der Waals surface area contributed by atoms with Crippen molar-refractivity contribution < 1.29 is 23.8 Å². The highest BCUT2D eigenvalue weighted by molar-refractivity contribution is 6.32. The van der Waals surface area contributed by atoms with Gasteiger partial charge in [0.25, 0.3) is 0 Å². The predicted octanol–water partition coefficient (Wildman–Crippen LogP) is 1.29. The first-order chi connectivity index (χ1) is 10.4. The summed E-state index contributed by atoms with van der Waals surface area (Å²) in [6.07, 6.45) is 0.472. The Bertz CT molecular complexity index is 591. The van der Waals surface area contributed by atoms with Gasteiger partial charge in [-0.15, -0.1) is 0 Å². The van der Waals surface area contributed by atoms with Crippen LogP contribution in [0.1, 0.15) is 12.5 Å². The van der Waals surface area contributed by atoms with Crippen LogP contribution >= 0.6 is 11.6 Å². The number of esters is 1. The van der Waals surface area contributed by atoms with Gasteiger partial charge < -0.3 is 19.9 Å². The zero-order chi connectivity index (χ0) is 16.7. The number of nitrogens with one attached hydrogen (secondary N) is 1. The van der Waals surface area contributed by atoms with E-state index in [9.17, 15) is 9.59 Å². The topological polar surface area (TPSA) is 112 Å². The standard InChI is InChI=1S/C13H16ClN3O5/c1-7(12(18)21-3)22-11-9(14)4-8(5-10(11)20-2)6-16-17-13(15)19/h4-7H,1-3H3,(H3,15,17,19). The number of nitrogens with zero attached hydrogens (tertiary/aromatic N) is 1. The average molecular weight is 330 g/mol. The lowest BCUT2D eigenvalue weighted by atomic mass is 10.2. The smallest absolute Gasteiger partial charge is 0.346 e. The molecule has 0 fully saturated rings. The molecule has 0 radical (unpaired) electrons. The highest BCUT2D eigenvalue weighted by atomic mass is 35.5. The van der Waals surface area contributed by atoms with Crippen molar-refractivity contribution in [2.45, 2.75) is 13.0 Å². The van der Waals surface area contributed by atoms with Crippen LogP contribution in [0, 0.1) is 0 Å². The van der Waals surface area contributed by atoms with Crippen LogP contribution in [-0.4, -0.2) is 38.5 Å². The number of halogens is 1. The van der Waals surface area contributed by atoms with Crippen molar-refractivity contribution in [3.8, 4) is 11.5 Å². The quantitative estimate of drug-likeness (QED) is 0.464. The highest BCUT2D eigenvalue weighted by Crippen LogP contribution is 2.36. The van der Waals surface area contributed by atoms with E-state index in [1.807, 2.05) is 0 Å². The van der Waals surface area contributed by atoms with Crippen molar-refractivity contribution in [3.05, 3.63) is 22.7 Å². The van der Waals surface area contributed by atoms with Crippen LogP contribution in [0.25, 0.3) is 0 Å².